The molecule has 2 aromatic rings. The van der Waals surface area contributed by atoms with Gasteiger partial charge in [-0.3, -0.25) is 9.55 Å². The molecule has 2 aromatic heterocycles. The van der Waals surface area contributed by atoms with Gasteiger partial charge in [-0.05, 0) is 12.1 Å². The SMILES string of the molecule is O=P(O)(O)c1cc(-c2ccncc2)no1. The minimum Gasteiger partial charge on any atom is -0.348 e. The van der Waals surface area contributed by atoms with Crippen LogP contribution in [0.25, 0.3) is 11.3 Å². The lowest BCUT2D eigenvalue weighted by Gasteiger charge is -1.94. The first-order chi connectivity index (χ1) is 7.07. The summed E-state index contributed by atoms with van der Waals surface area (Å²) in [6, 6.07) is 4.55. The van der Waals surface area contributed by atoms with E-state index in [0.717, 1.165) is 0 Å². The van der Waals surface area contributed by atoms with Crippen molar-refractivity contribution in [1.82, 2.24) is 10.1 Å². The Morgan fingerprint density at radius 2 is 1.93 bits per heavy atom. The van der Waals surface area contributed by atoms with Gasteiger partial charge in [0.25, 0.3) is 0 Å². The molecule has 0 aliphatic carbocycles. The van der Waals surface area contributed by atoms with Gasteiger partial charge < -0.3 is 14.3 Å². The topological polar surface area (TPSA) is 96.5 Å². The van der Waals surface area contributed by atoms with E-state index in [-0.39, 0.29) is 0 Å². The molecule has 0 radical (unpaired) electrons. The highest BCUT2D eigenvalue weighted by atomic mass is 31.2. The standard InChI is InChI=1S/C8H7N2O4P/c11-15(12,13)8-5-7(10-14-8)6-1-3-9-4-2-6/h1-5H,(H2,11,12,13). The maximum absolute atomic E-state index is 10.8. The molecule has 0 unspecified atom stereocenters. The number of pyridine rings is 1. The molecular formula is C8H7N2O4P. The zero-order chi connectivity index (χ0) is 10.9. The Labute approximate surface area is 84.7 Å². The van der Waals surface area contributed by atoms with E-state index >= 15 is 0 Å². The third-order valence-corrected chi connectivity index (χ3v) is 2.55. The molecule has 2 rings (SSSR count). The summed E-state index contributed by atoms with van der Waals surface area (Å²) in [7, 11) is -4.36. The first-order valence-corrected chi connectivity index (χ1v) is 5.62. The maximum atomic E-state index is 10.8. The maximum Gasteiger partial charge on any atom is 0.394 e. The molecule has 6 nitrogen and oxygen atoms in total. The van der Waals surface area contributed by atoms with Crippen molar-refractivity contribution in [3.8, 4) is 11.3 Å². The normalized spacial score (nSPS) is 11.6. The highest BCUT2D eigenvalue weighted by molar-refractivity contribution is 7.59. The van der Waals surface area contributed by atoms with Gasteiger partial charge in [-0.15, -0.1) is 0 Å². The highest BCUT2D eigenvalue weighted by Gasteiger charge is 2.23. The Balaban J connectivity index is 2.41. The van der Waals surface area contributed by atoms with Crippen LogP contribution in [0.3, 0.4) is 0 Å². The molecule has 0 saturated heterocycles. The number of nitrogens with zero attached hydrogens (tertiary/aromatic N) is 2. The average Bonchev–Trinajstić information content (AvgIpc) is 2.67. The summed E-state index contributed by atoms with van der Waals surface area (Å²) < 4.78 is 15.4. The van der Waals surface area contributed by atoms with Gasteiger partial charge in [0.05, 0.1) is 0 Å². The smallest absolute Gasteiger partial charge is 0.348 e. The summed E-state index contributed by atoms with van der Waals surface area (Å²) in [5.41, 5.74) is 0.624. The number of hydrogen-bond acceptors (Lipinski definition) is 4. The second-order valence-electron chi connectivity index (χ2n) is 2.83. The lowest BCUT2D eigenvalue weighted by Crippen LogP contribution is -1.98. The molecule has 0 spiro atoms. The zero-order valence-corrected chi connectivity index (χ0v) is 8.33. The lowest BCUT2D eigenvalue weighted by molar-refractivity contribution is 0.362. The molecule has 0 fully saturated rings. The Bertz CT molecular complexity index is 504. The van der Waals surface area contributed by atoms with Crippen LogP contribution in [-0.4, -0.2) is 19.9 Å². The molecule has 0 aliphatic heterocycles. The minimum absolute atomic E-state index is 0.371. The van der Waals surface area contributed by atoms with Gasteiger partial charge in [0.2, 0.25) is 5.50 Å². The summed E-state index contributed by atoms with van der Waals surface area (Å²) in [4.78, 5) is 21.4. The lowest BCUT2D eigenvalue weighted by atomic mass is 10.2. The van der Waals surface area contributed by atoms with Crippen molar-refractivity contribution in [2.45, 2.75) is 0 Å². The Morgan fingerprint density at radius 3 is 2.47 bits per heavy atom. The Kier molecular flexibility index (Phi) is 2.40. The van der Waals surface area contributed by atoms with E-state index in [1.54, 1.807) is 24.5 Å². The predicted octanol–water partition coefficient (Wildman–Crippen LogP) is 0.540. The number of rotatable bonds is 2. The van der Waals surface area contributed by atoms with Gasteiger partial charge in [0.1, 0.15) is 5.69 Å². The third kappa shape index (κ3) is 2.12. The van der Waals surface area contributed by atoms with Gasteiger partial charge >= 0.3 is 7.60 Å². The van der Waals surface area contributed by atoms with Crippen molar-refractivity contribution in [2.75, 3.05) is 0 Å². The Morgan fingerprint density at radius 1 is 1.27 bits per heavy atom. The van der Waals surface area contributed by atoms with Gasteiger partial charge in [-0.1, -0.05) is 5.16 Å². The second-order valence-corrected chi connectivity index (χ2v) is 4.36. The van der Waals surface area contributed by atoms with E-state index in [4.69, 9.17) is 9.79 Å². The summed E-state index contributed by atoms with van der Waals surface area (Å²) in [5, 5.41) is 3.56. The molecular weight excluding hydrogens is 219 g/mol. The third-order valence-electron chi connectivity index (χ3n) is 1.76. The van der Waals surface area contributed by atoms with Crippen LogP contribution in [0.5, 0.6) is 0 Å². The summed E-state index contributed by atoms with van der Waals surface area (Å²) in [6.07, 6.45) is 3.11. The molecule has 0 saturated carbocycles. The van der Waals surface area contributed by atoms with E-state index in [2.05, 4.69) is 14.7 Å². The molecule has 0 amide bonds. The second kappa shape index (κ2) is 3.58. The molecule has 7 heteroatoms. The van der Waals surface area contributed by atoms with Crippen LogP contribution >= 0.6 is 7.60 Å². The van der Waals surface area contributed by atoms with Crippen LogP contribution in [0, 0.1) is 0 Å². The molecule has 2 heterocycles. The average molecular weight is 226 g/mol. The first kappa shape index (κ1) is 10.0. The highest BCUT2D eigenvalue weighted by Crippen LogP contribution is 2.34. The quantitative estimate of drug-likeness (QED) is 0.725. The molecule has 0 aromatic carbocycles. The Hall–Kier alpha value is -1.49. The van der Waals surface area contributed by atoms with E-state index in [0.29, 0.717) is 11.3 Å². The largest absolute Gasteiger partial charge is 0.394 e. The molecule has 78 valence electrons. The monoisotopic (exact) mass is 226 g/mol. The predicted molar refractivity (Wildman–Crippen MR) is 51.4 cm³/mol. The van der Waals surface area contributed by atoms with Crippen molar-refractivity contribution >= 4 is 13.1 Å². The van der Waals surface area contributed by atoms with Crippen molar-refractivity contribution < 1.29 is 18.9 Å². The van der Waals surface area contributed by atoms with Crippen LogP contribution in [0.1, 0.15) is 0 Å². The molecule has 15 heavy (non-hydrogen) atoms. The van der Waals surface area contributed by atoms with E-state index in [1.165, 1.54) is 6.07 Å². The van der Waals surface area contributed by atoms with Gasteiger partial charge in [-0.2, -0.15) is 0 Å². The van der Waals surface area contributed by atoms with Crippen LogP contribution in [0.2, 0.25) is 0 Å². The van der Waals surface area contributed by atoms with Gasteiger partial charge in [-0.25, -0.2) is 0 Å². The minimum atomic E-state index is -4.36. The fraction of sp³-hybridized carbons (Fsp3) is 0. The van der Waals surface area contributed by atoms with Crippen LogP contribution in [-0.2, 0) is 4.57 Å². The molecule has 0 aliphatic rings. The zero-order valence-electron chi connectivity index (χ0n) is 7.44. The van der Waals surface area contributed by atoms with Gasteiger partial charge in [0.15, 0.2) is 0 Å². The molecule has 2 N–H and O–H groups in total. The van der Waals surface area contributed by atoms with Crippen LogP contribution in [0.4, 0.5) is 0 Å². The molecule has 0 bridgehead atoms. The van der Waals surface area contributed by atoms with Crippen molar-refractivity contribution in [2.24, 2.45) is 0 Å². The number of hydrogen-bond donors (Lipinski definition) is 2. The van der Waals surface area contributed by atoms with Crippen LogP contribution in [0.15, 0.2) is 35.1 Å². The van der Waals surface area contributed by atoms with Gasteiger partial charge in [0, 0.05) is 24.0 Å². The summed E-state index contributed by atoms with van der Waals surface area (Å²) >= 11 is 0. The van der Waals surface area contributed by atoms with Crippen LogP contribution < -0.4 is 5.50 Å². The van der Waals surface area contributed by atoms with E-state index < -0.39 is 13.1 Å². The van der Waals surface area contributed by atoms with Crippen molar-refractivity contribution in [3.05, 3.63) is 30.6 Å². The van der Waals surface area contributed by atoms with E-state index in [9.17, 15) is 4.57 Å². The summed E-state index contributed by atoms with van der Waals surface area (Å²) in [6.45, 7) is 0. The number of aromatic nitrogens is 2. The summed E-state index contributed by atoms with van der Waals surface area (Å²) in [5.74, 6) is 0. The molecule has 0 atom stereocenters. The van der Waals surface area contributed by atoms with Crippen molar-refractivity contribution in [1.29, 1.82) is 0 Å². The fourth-order valence-electron chi connectivity index (χ4n) is 1.06. The first-order valence-electron chi connectivity index (χ1n) is 4.00. The fourth-order valence-corrected chi connectivity index (χ4v) is 1.50. The van der Waals surface area contributed by atoms with E-state index in [1.807, 2.05) is 0 Å². The van der Waals surface area contributed by atoms with Crippen molar-refractivity contribution in [3.63, 3.8) is 0 Å².